The summed E-state index contributed by atoms with van der Waals surface area (Å²) in [5.41, 5.74) is 7.15. The maximum atomic E-state index is 13.0. The maximum Gasteiger partial charge on any atom is 0.512 e. The number of allylic oxidation sites excluding steroid dienone is 5. The van der Waals surface area contributed by atoms with Crippen molar-refractivity contribution in [1.82, 2.24) is 4.13 Å². The minimum absolute atomic E-state index is 0.196. The van der Waals surface area contributed by atoms with Crippen LogP contribution in [0.3, 0.4) is 0 Å². The van der Waals surface area contributed by atoms with Crippen LogP contribution in [-0.4, -0.2) is 52.3 Å². The van der Waals surface area contributed by atoms with Gasteiger partial charge in [0, 0.05) is 47.9 Å². The molecule has 6 rings (SSSR count). The summed E-state index contributed by atoms with van der Waals surface area (Å²) in [4.78, 5) is 1.76. The molecule has 0 saturated carbocycles. The molecule has 0 saturated heterocycles. The van der Waals surface area contributed by atoms with Gasteiger partial charge in [-0.2, -0.15) is 13.2 Å². The average Bonchev–Trinajstić information content (AvgIpc) is 3.24. The average molecular weight is 898 g/mol. The zero-order valence-electron chi connectivity index (χ0n) is 36.1. The number of nitrogens with zero attached hydrogens (tertiary/aromatic N) is 2. The summed E-state index contributed by atoms with van der Waals surface area (Å²) < 4.78 is 96.2. The van der Waals surface area contributed by atoms with E-state index in [-0.39, 0.29) is 6.54 Å². The molecule has 330 valence electrons. The number of nitrogens with one attached hydrogen (secondary N) is 2. The number of benzene rings is 5. The van der Waals surface area contributed by atoms with Gasteiger partial charge < -0.3 is 15.0 Å². The smallest absolute Gasteiger partial charge is 0.494 e. The number of halogens is 3. The van der Waals surface area contributed by atoms with E-state index in [1.54, 1.807) is 6.07 Å². The largest absolute Gasteiger partial charge is 0.512 e. The number of anilines is 3. The standard InChI is InChI=1S/C49H51F3N4O5S2/c1-7-55(32-37-13-10-12-34(4)28-37)42-22-26-46(35(5)29-42)48(39-16-18-40(19-17-39)53-41-20-24-44(25-21-41)61-9-3)47-27-23-43(30-36(47)6)56(8-2)33-38-14-11-15-45(31-38)62(57,58)54-63(59,60)49(50,51)52/h10-31,54H,7-9,32-33H2,1-6H3/p+1. The fourth-order valence-electron chi connectivity index (χ4n) is 7.47. The summed E-state index contributed by atoms with van der Waals surface area (Å²) in [6.07, 6.45) is 6.13. The Hall–Kier alpha value is -5.96. The third kappa shape index (κ3) is 11.4. The van der Waals surface area contributed by atoms with Crippen molar-refractivity contribution in [2.24, 2.45) is 0 Å². The van der Waals surface area contributed by atoms with Crippen LogP contribution < -0.4 is 19.1 Å². The quantitative estimate of drug-likeness (QED) is 0.0950. The molecule has 0 bridgehead atoms. The lowest BCUT2D eigenvalue weighted by atomic mass is 9.85. The molecule has 1 aliphatic carbocycles. The van der Waals surface area contributed by atoms with Crippen molar-refractivity contribution in [1.29, 1.82) is 0 Å². The van der Waals surface area contributed by atoms with E-state index >= 15 is 0 Å². The van der Waals surface area contributed by atoms with Crippen LogP contribution >= 0.6 is 0 Å². The molecular weight excluding hydrogens is 846 g/mol. The monoisotopic (exact) mass is 897 g/mol. The fourth-order valence-corrected chi connectivity index (χ4v) is 9.95. The van der Waals surface area contributed by atoms with Crippen LogP contribution in [-0.2, 0) is 33.1 Å². The SMILES string of the molecule is CCOc1ccc(Nc2ccc(/C(=C3C=C/C(=[N+](/CC)Cc4cccc(S(=O)(=O)NS(=O)(=O)C(F)(F)F)c4)C=C/3C)c3ccc(N(CC)Cc4cccc(C)c4)cc3C)cc2)cc1. The van der Waals surface area contributed by atoms with Crippen molar-refractivity contribution < 1.29 is 39.3 Å². The summed E-state index contributed by atoms with van der Waals surface area (Å²) in [7, 11) is -11.2. The predicted octanol–water partition coefficient (Wildman–Crippen LogP) is 10.6. The molecule has 5 aromatic carbocycles. The van der Waals surface area contributed by atoms with Gasteiger partial charge in [-0.3, -0.25) is 0 Å². The lowest BCUT2D eigenvalue weighted by Crippen LogP contribution is -2.40. The highest BCUT2D eigenvalue weighted by molar-refractivity contribution is 8.05. The number of aryl methyl sites for hydroxylation is 2. The number of hydrogen-bond donors (Lipinski definition) is 2. The summed E-state index contributed by atoms with van der Waals surface area (Å²) >= 11 is 0. The van der Waals surface area contributed by atoms with Gasteiger partial charge in [-0.25, -0.2) is 21.4 Å². The molecule has 0 spiro atoms. The molecule has 0 fully saturated rings. The van der Waals surface area contributed by atoms with E-state index < -0.39 is 30.5 Å². The number of ether oxygens (including phenoxy) is 1. The summed E-state index contributed by atoms with van der Waals surface area (Å²) in [6.45, 7) is 15.2. The molecule has 0 radical (unpaired) electrons. The minimum atomic E-state index is -6.14. The fraction of sp³-hybridized carbons (Fsp3) is 0.245. The van der Waals surface area contributed by atoms with Gasteiger partial charge in [0.15, 0.2) is 12.3 Å². The van der Waals surface area contributed by atoms with Crippen molar-refractivity contribution in [3.8, 4) is 5.75 Å². The topological polar surface area (TPSA) is 108 Å². The van der Waals surface area contributed by atoms with E-state index in [0.29, 0.717) is 18.7 Å². The highest BCUT2D eigenvalue weighted by atomic mass is 32.3. The van der Waals surface area contributed by atoms with Crippen LogP contribution in [0.1, 0.15) is 61.1 Å². The van der Waals surface area contributed by atoms with Crippen molar-refractivity contribution in [2.45, 2.75) is 65.0 Å². The highest BCUT2D eigenvalue weighted by Crippen LogP contribution is 2.37. The zero-order valence-corrected chi connectivity index (χ0v) is 37.8. The van der Waals surface area contributed by atoms with Crippen LogP contribution in [0, 0.1) is 13.8 Å². The Labute approximate surface area is 369 Å². The first-order valence-corrected chi connectivity index (χ1v) is 23.6. The van der Waals surface area contributed by atoms with Crippen LogP contribution in [0.15, 0.2) is 150 Å². The molecular formula is C49H52F3N4O5S2+. The Morgan fingerprint density at radius 3 is 2.03 bits per heavy atom. The van der Waals surface area contributed by atoms with E-state index in [2.05, 4.69) is 110 Å². The minimum Gasteiger partial charge on any atom is -0.494 e. The molecule has 1 aliphatic rings. The Morgan fingerprint density at radius 1 is 0.762 bits per heavy atom. The second-order valence-corrected chi connectivity index (χ2v) is 18.8. The molecule has 5 aromatic rings. The van der Waals surface area contributed by atoms with E-state index in [4.69, 9.17) is 4.74 Å². The second-order valence-electron chi connectivity index (χ2n) is 15.2. The summed E-state index contributed by atoms with van der Waals surface area (Å²) in [5, 5.41) is 3.48. The molecule has 0 unspecified atom stereocenters. The van der Waals surface area contributed by atoms with Gasteiger partial charge in [-0.1, -0.05) is 64.3 Å². The van der Waals surface area contributed by atoms with Crippen molar-refractivity contribution >= 4 is 48.4 Å². The first-order valence-electron chi connectivity index (χ1n) is 20.6. The van der Waals surface area contributed by atoms with Gasteiger partial charge >= 0.3 is 15.5 Å². The summed E-state index contributed by atoms with van der Waals surface area (Å²) in [5.74, 6) is 0.805. The molecule has 0 atom stereocenters. The maximum absolute atomic E-state index is 13.0. The number of hydrogen-bond acceptors (Lipinski definition) is 7. The first-order chi connectivity index (χ1) is 29.9. The highest BCUT2D eigenvalue weighted by Gasteiger charge is 2.48. The number of sulfonamides is 2. The predicted molar refractivity (Wildman–Crippen MR) is 247 cm³/mol. The van der Waals surface area contributed by atoms with E-state index in [1.165, 1.54) is 23.3 Å². The van der Waals surface area contributed by atoms with E-state index in [1.807, 2.05) is 55.7 Å². The normalized spacial score (nSPS) is 14.8. The van der Waals surface area contributed by atoms with Crippen LogP contribution in [0.2, 0.25) is 0 Å². The van der Waals surface area contributed by atoms with E-state index in [9.17, 15) is 30.0 Å². The molecule has 0 aromatic heterocycles. The van der Waals surface area contributed by atoms with Gasteiger partial charge in [0.05, 0.1) is 11.5 Å². The van der Waals surface area contributed by atoms with Gasteiger partial charge in [0.2, 0.25) is 0 Å². The molecule has 9 nitrogen and oxygen atoms in total. The van der Waals surface area contributed by atoms with Crippen LogP contribution in [0.5, 0.6) is 5.75 Å². The summed E-state index contributed by atoms with van der Waals surface area (Å²) in [6, 6.07) is 36.5. The van der Waals surface area contributed by atoms with Crippen molar-refractivity contribution in [2.75, 3.05) is 29.9 Å². The van der Waals surface area contributed by atoms with Gasteiger partial charge in [0.25, 0.3) is 10.0 Å². The van der Waals surface area contributed by atoms with Crippen LogP contribution in [0.4, 0.5) is 30.2 Å². The van der Waals surface area contributed by atoms with E-state index in [0.717, 1.165) is 85.2 Å². The third-order valence-corrected chi connectivity index (χ3v) is 13.9. The molecule has 63 heavy (non-hydrogen) atoms. The zero-order chi connectivity index (χ0) is 45.5. The van der Waals surface area contributed by atoms with Gasteiger partial charge in [-0.15, -0.1) is 0 Å². The second kappa shape index (κ2) is 19.6. The lowest BCUT2D eigenvalue weighted by molar-refractivity contribution is -0.539. The molecule has 14 heteroatoms. The third-order valence-electron chi connectivity index (χ3n) is 10.6. The van der Waals surface area contributed by atoms with Crippen molar-refractivity contribution in [3.05, 3.63) is 178 Å². The molecule has 0 amide bonds. The van der Waals surface area contributed by atoms with Crippen LogP contribution in [0.25, 0.3) is 5.57 Å². The lowest BCUT2D eigenvalue weighted by Gasteiger charge is -2.25. The van der Waals surface area contributed by atoms with Gasteiger partial charge in [0.1, 0.15) is 12.3 Å². The Kier molecular flexibility index (Phi) is 14.5. The molecule has 0 aliphatic heterocycles. The first kappa shape index (κ1) is 46.5. The number of rotatable bonds is 16. The molecule has 0 heterocycles. The Morgan fingerprint density at radius 2 is 1.43 bits per heavy atom. The Bertz CT molecular complexity index is 2810. The van der Waals surface area contributed by atoms with Gasteiger partial charge in [-0.05, 0) is 147 Å². The number of alkyl halides is 3. The van der Waals surface area contributed by atoms with Crippen molar-refractivity contribution in [3.63, 3.8) is 0 Å². The molecule has 2 N–H and O–H groups in total. The Balaban J connectivity index is 1.36.